The van der Waals surface area contributed by atoms with E-state index in [1.165, 1.54) is 23.5 Å². The fourth-order valence-corrected chi connectivity index (χ4v) is 5.31. The minimum atomic E-state index is -0.290. The molecule has 170 valence electrons. The van der Waals surface area contributed by atoms with Crippen LogP contribution in [0, 0.1) is 11.7 Å². The first-order valence-corrected chi connectivity index (χ1v) is 12.1. The quantitative estimate of drug-likeness (QED) is 0.555. The molecular weight excluding hydrogens is 427 g/mol. The summed E-state index contributed by atoms with van der Waals surface area (Å²) >= 11 is 1.36. The van der Waals surface area contributed by atoms with Crippen molar-refractivity contribution in [3.05, 3.63) is 52.3 Å². The van der Waals surface area contributed by atoms with Crippen LogP contribution in [0.15, 0.2) is 35.1 Å². The molecule has 0 saturated carbocycles. The number of hydrogen-bond acceptors (Lipinski definition) is 5. The standard InChI is InChI=1S/C24H29FN4O2S/c1-3-5-15(2)26-23(30)17-6-4-11-29(13-17)14-21-27-19-12-20(32-22(19)24(31)28-21)16-7-9-18(25)10-8-16/h7-10,12,15,17H,3-6,11,13-14H2,1-2H3,(H,26,30)(H,27,28,31). The Morgan fingerprint density at radius 2 is 2.16 bits per heavy atom. The Labute approximate surface area is 190 Å². The lowest BCUT2D eigenvalue weighted by Crippen LogP contribution is -2.45. The third kappa shape index (κ3) is 5.24. The summed E-state index contributed by atoms with van der Waals surface area (Å²) in [6, 6.07) is 8.30. The predicted octanol–water partition coefficient (Wildman–Crippen LogP) is 4.31. The predicted molar refractivity (Wildman–Crippen MR) is 126 cm³/mol. The van der Waals surface area contributed by atoms with Crippen LogP contribution in [0.2, 0.25) is 0 Å². The van der Waals surface area contributed by atoms with Crippen molar-refractivity contribution in [2.45, 2.75) is 52.1 Å². The van der Waals surface area contributed by atoms with E-state index in [9.17, 15) is 14.0 Å². The molecule has 32 heavy (non-hydrogen) atoms. The molecule has 1 aliphatic heterocycles. The van der Waals surface area contributed by atoms with Crippen LogP contribution in [-0.4, -0.2) is 39.9 Å². The summed E-state index contributed by atoms with van der Waals surface area (Å²) in [5.74, 6) is 0.395. The number of thiophene rings is 1. The van der Waals surface area contributed by atoms with Gasteiger partial charge in [-0.25, -0.2) is 9.37 Å². The van der Waals surface area contributed by atoms with Gasteiger partial charge < -0.3 is 10.3 Å². The molecule has 0 bridgehead atoms. The van der Waals surface area contributed by atoms with Gasteiger partial charge in [-0.15, -0.1) is 11.3 Å². The smallest absolute Gasteiger partial charge is 0.268 e. The Morgan fingerprint density at radius 1 is 1.38 bits per heavy atom. The zero-order valence-electron chi connectivity index (χ0n) is 18.5. The number of fused-ring (bicyclic) bond motifs is 1. The van der Waals surface area contributed by atoms with Gasteiger partial charge in [-0.3, -0.25) is 14.5 Å². The third-order valence-corrected chi connectivity index (χ3v) is 7.09. The number of aromatic nitrogens is 2. The van der Waals surface area contributed by atoms with E-state index in [2.05, 4.69) is 27.1 Å². The second-order valence-corrected chi connectivity index (χ2v) is 9.67. The Balaban J connectivity index is 1.47. The van der Waals surface area contributed by atoms with Gasteiger partial charge in [0, 0.05) is 17.5 Å². The maximum absolute atomic E-state index is 13.2. The van der Waals surface area contributed by atoms with Crippen LogP contribution >= 0.6 is 11.3 Å². The molecular formula is C24H29FN4O2S. The number of hydrogen-bond donors (Lipinski definition) is 2. The Hall–Kier alpha value is -2.58. The van der Waals surface area contributed by atoms with Crippen molar-refractivity contribution < 1.29 is 9.18 Å². The summed E-state index contributed by atoms with van der Waals surface area (Å²) in [6.07, 6.45) is 3.86. The molecule has 2 atom stereocenters. The molecule has 0 aliphatic carbocycles. The normalized spacial score (nSPS) is 18.0. The van der Waals surface area contributed by atoms with Gasteiger partial charge in [0.05, 0.1) is 18.0 Å². The van der Waals surface area contributed by atoms with Crippen LogP contribution in [-0.2, 0) is 11.3 Å². The number of likely N-dealkylation sites (tertiary alicyclic amines) is 1. The number of amides is 1. The SMILES string of the molecule is CCCC(C)NC(=O)C1CCCN(Cc2nc3cc(-c4ccc(F)cc4)sc3c(=O)[nH]2)C1. The van der Waals surface area contributed by atoms with Gasteiger partial charge >= 0.3 is 0 Å². The molecule has 2 N–H and O–H groups in total. The Morgan fingerprint density at radius 3 is 2.91 bits per heavy atom. The third-order valence-electron chi connectivity index (χ3n) is 5.92. The molecule has 4 rings (SSSR count). The van der Waals surface area contributed by atoms with Crippen molar-refractivity contribution in [1.29, 1.82) is 0 Å². The Bertz CT molecular complexity index is 1140. The molecule has 3 heterocycles. The Kier molecular flexibility index (Phi) is 7.01. The van der Waals surface area contributed by atoms with Crippen molar-refractivity contribution in [3.63, 3.8) is 0 Å². The van der Waals surface area contributed by atoms with Crippen molar-refractivity contribution in [2.24, 2.45) is 5.92 Å². The number of benzene rings is 1. The lowest BCUT2D eigenvalue weighted by molar-refractivity contribution is -0.127. The van der Waals surface area contributed by atoms with Crippen LogP contribution in [0.4, 0.5) is 4.39 Å². The van der Waals surface area contributed by atoms with E-state index in [-0.39, 0.29) is 29.2 Å². The first kappa shape index (κ1) is 22.6. The van der Waals surface area contributed by atoms with E-state index >= 15 is 0 Å². The van der Waals surface area contributed by atoms with E-state index in [0.29, 0.717) is 29.1 Å². The van der Waals surface area contributed by atoms with Crippen LogP contribution in [0.5, 0.6) is 0 Å². The summed E-state index contributed by atoms with van der Waals surface area (Å²) in [5.41, 5.74) is 1.34. The van der Waals surface area contributed by atoms with Crippen molar-refractivity contribution in [1.82, 2.24) is 20.2 Å². The second-order valence-electron chi connectivity index (χ2n) is 8.62. The minimum Gasteiger partial charge on any atom is -0.353 e. The lowest BCUT2D eigenvalue weighted by Gasteiger charge is -2.32. The lowest BCUT2D eigenvalue weighted by atomic mass is 9.96. The number of nitrogens with zero attached hydrogens (tertiary/aromatic N) is 2. The number of carbonyl (C=O) groups is 1. The molecule has 1 aliphatic rings. The number of piperidine rings is 1. The molecule has 8 heteroatoms. The number of aromatic amines is 1. The average molecular weight is 457 g/mol. The largest absolute Gasteiger partial charge is 0.353 e. The van der Waals surface area contributed by atoms with Gasteiger partial charge in [0.1, 0.15) is 16.3 Å². The van der Waals surface area contributed by atoms with E-state index in [1.807, 2.05) is 13.0 Å². The molecule has 1 aromatic carbocycles. The van der Waals surface area contributed by atoms with E-state index in [1.54, 1.807) is 12.1 Å². The number of H-pyrrole nitrogens is 1. The fourth-order valence-electron chi connectivity index (χ4n) is 4.31. The maximum Gasteiger partial charge on any atom is 0.268 e. The first-order chi connectivity index (χ1) is 15.4. The number of nitrogens with one attached hydrogen (secondary N) is 2. The molecule has 1 amide bonds. The van der Waals surface area contributed by atoms with Gasteiger partial charge in [0.2, 0.25) is 5.91 Å². The van der Waals surface area contributed by atoms with E-state index in [4.69, 9.17) is 0 Å². The topological polar surface area (TPSA) is 78.1 Å². The van der Waals surface area contributed by atoms with Gasteiger partial charge in [-0.2, -0.15) is 0 Å². The number of carbonyl (C=O) groups excluding carboxylic acids is 1. The maximum atomic E-state index is 13.2. The molecule has 1 saturated heterocycles. The highest BCUT2D eigenvalue weighted by molar-refractivity contribution is 7.22. The summed E-state index contributed by atoms with van der Waals surface area (Å²) in [6.45, 7) is 6.21. The van der Waals surface area contributed by atoms with Gasteiger partial charge in [-0.05, 0) is 56.5 Å². The van der Waals surface area contributed by atoms with Crippen molar-refractivity contribution in [2.75, 3.05) is 13.1 Å². The fraction of sp³-hybridized carbons (Fsp3) is 0.458. The van der Waals surface area contributed by atoms with Crippen LogP contribution in [0.25, 0.3) is 20.7 Å². The molecule has 3 aromatic rings. The first-order valence-electron chi connectivity index (χ1n) is 11.2. The molecule has 0 radical (unpaired) electrons. The molecule has 6 nitrogen and oxygen atoms in total. The summed E-state index contributed by atoms with van der Waals surface area (Å²) in [5, 5.41) is 3.13. The van der Waals surface area contributed by atoms with Crippen LogP contribution < -0.4 is 10.9 Å². The highest BCUT2D eigenvalue weighted by atomic mass is 32.1. The van der Waals surface area contributed by atoms with Gasteiger partial charge in [0.15, 0.2) is 0 Å². The van der Waals surface area contributed by atoms with Crippen LogP contribution in [0.1, 0.15) is 45.4 Å². The van der Waals surface area contributed by atoms with Crippen molar-refractivity contribution in [3.8, 4) is 10.4 Å². The van der Waals surface area contributed by atoms with E-state index in [0.717, 1.165) is 42.7 Å². The zero-order valence-corrected chi connectivity index (χ0v) is 19.3. The van der Waals surface area contributed by atoms with Gasteiger partial charge in [0.25, 0.3) is 5.56 Å². The zero-order chi connectivity index (χ0) is 22.7. The van der Waals surface area contributed by atoms with Crippen LogP contribution in [0.3, 0.4) is 0 Å². The highest BCUT2D eigenvalue weighted by Gasteiger charge is 2.27. The van der Waals surface area contributed by atoms with Crippen molar-refractivity contribution >= 4 is 27.5 Å². The summed E-state index contributed by atoms with van der Waals surface area (Å²) < 4.78 is 13.8. The monoisotopic (exact) mass is 456 g/mol. The molecule has 2 unspecified atom stereocenters. The summed E-state index contributed by atoms with van der Waals surface area (Å²) in [4.78, 5) is 36.0. The van der Waals surface area contributed by atoms with Gasteiger partial charge in [-0.1, -0.05) is 25.5 Å². The molecule has 2 aromatic heterocycles. The number of rotatable bonds is 7. The highest BCUT2D eigenvalue weighted by Crippen LogP contribution is 2.31. The second kappa shape index (κ2) is 9.92. The van der Waals surface area contributed by atoms with E-state index < -0.39 is 0 Å². The molecule has 0 spiro atoms. The summed E-state index contributed by atoms with van der Waals surface area (Å²) in [7, 11) is 0. The average Bonchev–Trinajstić information content (AvgIpc) is 3.19. The number of halogens is 1. The minimum absolute atomic E-state index is 0.0373. The molecule has 1 fully saturated rings.